The van der Waals surface area contributed by atoms with Crippen molar-refractivity contribution in [1.82, 2.24) is 24.6 Å². The third-order valence-electron chi connectivity index (χ3n) is 5.48. The zero-order valence-corrected chi connectivity index (χ0v) is 14.5. The van der Waals surface area contributed by atoms with Crippen molar-refractivity contribution in [3.05, 3.63) is 48.7 Å². The highest BCUT2D eigenvalue weighted by Gasteiger charge is 2.37. The molecule has 6 heteroatoms. The fourth-order valence-corrected chi connectivity index (χ4v) is 4.25. The molecule has 0 saturated carbocycles. The highest BCUT2D eigenvalue weighted by atomic mass is 16.3. The van der Waals surface area contributed by atoms with Gasteiger partial charge in [0.1, 0.15) is 12.7 Å². The zero-order valence-electron chi connectivity index (χ0n) is 14.5. The van der Waals surface area contributed by atoms with E-state index in [1.54, 1.807) is 12.7 Å². The van der Waals surface area contributed by atoms with Crippen LogP contribution in [0, 0.1) is 5.92 Å². The molecule has 1 aliphatic heterocycles. The molecule has 25 heavy (non-hydrogen) atoms. The van der Waals surface area contributed by atoms with E-state index in [0.29, 0.717) is 6.04 Å². The summed E-state index contributed by atoms with van der Waals surface area (Å²) in [5.74, 6) is 0.197. The molecule has 0 bridgehead atoms. The summed E-state index contributed by atoms with van der Waals surface area (Å²) in [5, 5.41) is 19.2. The van der Waals surface area contributed by atoms with Crippen molar-refractivity contribution in [2.24, 2.45) is 5.92 Å². The Kier molecular flexibility index (Phi) is 4.55. The minimum Gasteiger partial charge on any atom is -0.396 e. The number of rotatable bonds is 5. The molecular weight excluding hydrogens is 314 g/mol. The van der Waals surface area contributed by atoms with E-state index in [9.17, 15) is 5.11 Å². The van der Waals surface area contributed by atoms with Gasteiger partial charge in [0.25, 0.3) is 0 Å². The van der Waals surface area contributed by atoms with Crippen molar-refractivity contribution in [1.29, 1.82) is 0 Å². The van der Waals surface area contributed by atoms with E-state index in [1.165, 1.54) is 16.5 Å². The van der Waals surface area contributed by atoms with Crippen LogP contribution in [0.25, 0.3) is 10.9 Å². The molecule has 3 unspecified atom stereocenters. The number of fused-ring (bicyclic) bond motifs is 1. The minimum atomic E-state index is 0.182. The number of likely N-dealkylation sites (tertiary alicyclic amines) is 1. The Balaban J connectivity index is 1.69. The lowest BCUT2D eigenvalue weighted by molar-refractivity contribution is 0.0376. The van der Waals surface area contributed by atoms with Crippen LogP contribution in [-0.4, -0.2) is 49.5 Å². The summed E-state index contributed by atoms with van der Waals surface area (Å²) >= 11 is 0. The summed E-state index contributed by atoms with van der Waals surface area (Å²) in [6.07, 6.45) is 7.72. The van der Waals surface area contributed by atoms with Crippen LogP contribution < -0.4 is 0 Å². The second-order valence-electron chi connectivity index (χ2n) is 6.96. The first-order valence-electron chi connectivity index (χ1n) is 9.06. The maximum Gasteiger partial charge on any atom is 0.119 e. The van der Waals surface area contributed by atoms with Gasteiger partial charge in [-0.05, 0) is 31.0 Å². The van der Waals surface area contributed by atoms with Gasteiger partial charge in [0.05, 0.1) is 6.04 Å². The maximum absolute atomic E-state index is 10.0. The first kappa shape index (κ1) is 16.3. The van der Waals surface area contributed by atoms with Gasteiger partial charge in [-0.3, -0.25) is 4.90 Å². The molecule has 1 aromatic carbocycles. The van der Waals surface area contributed by atoms with Gasteiger partial charge in [0, 0.05) is 42.2 Å². The van der Waals surface area contributed by atoms with Gasteiger partial charge in [-0.15, -0.1) is 10.2 Å². The van der Waals surface area contributed by atoms with E-state index >= 15 is 0 Å². The minimum absolute atomic E-state index is 0.182. The average Bonchev–Trinajstić information content (AvgIpc) is 3.31. The maximum atomic E-state index is 10.0. The van der Waals surface area contributed by atoms with Crippen molar-refractivity contribution >= 4 is 10.9 Å². The number of hydrogen-bond acceptors (Lipinski definition) is 4. The summed E-state index contributed by atoms with van der Waals surface area (Å²) in [6.45, 7) is 4.35. The number of aromatic nitrogens is 4. The van der Waals surface area contributed by atoms with Gasteiger partial charge in [-0.1, -0.05) is 25.1 Å². The molecule has 2 N–H and O–H groups in total. The highest BCUT2D eigenvalue weighted by Crippen LogP contribution is 2.41. The number of aliphatic hydroxyl groups excluding tert-OH is 1. The number of nitrogens with zero attached hydrogens (tertiary/aromatic N) is 4. The van der Waals surface area contributed by atoms with Crippen LogP contribution in [0.2, 0.25) is 0 Å². The predicted molar refractivity (Wildman–Crippen MR) is 97.2 cm³/mol. The monoisotopic (exact) mass is 339 g/mol. The third kappa shape index (κ3) is 2.96. The second-order valence-corrected chi connectivity index (χ2v) is 6.96. The third-order valence-corrected chi connectivity index (χ3v) is 5.48. The molecule has 3 heterocycles. The van der Waals surface area contributed by atoms with Gasteiger partial charge < -0.3 is 14.7 Å². The Hall–Kier alpha value is -2.18. The predicted octanol–water partition coefficient (Wildman–Crippen LogP) is 2.77. The molecule has 6 nitrogen and oxygen atoms in total. The van der Waals surface area contributed by atoms with Crippen molar-refractivity contribution in [3.63, 3.8) is 0 Å². The molecule has 1 saturated heterocycles. The molecule has 0 amide bonds. The molecular formula is C19H25N5O. The van der Waals surface area contributed by atoms with Gasteiger partial charge in [-0.2, -0.15) is 0 Å². The fraction of sp³-hybridized carbons (Fsp3) is 0.474. The zero-order chi connectivity index (χ0) is 17.2. The highest BCUT2D eigenvalue weighted by molar-refractivity contribution is 5.83. The first-order chi connectivity index (χ1) is 12.3. The molecule has 132 valence electrons. The van der Waals surface area contributed by atoms with E-state index in [1.807, 2.05) is 0 Å². The van der Waals surface area contributed by atoms with Crippen LogP contribution in [0.15, 0.2) is 43.1 Å². The van der Waals surface area contributed by atoms with Crippen LogP contribution in [0.1, 0.15) is 37.4 Å². The summed E-state index contributed by atoms with van der Waals surface area (Å²) in [5.41, 5.74) is 2.51. The normalized spacial score (nSPS) is 24.8. The van der Waals surface area contributed by atoms with Crippen molar-refractivity contribution in [2.75, 3.05) is 19.7 Å². The quantitative estimate of drug-likeness (QED) is 0.750. The van der Waals surface area contributed by atoms with E-state index in [2.05, 4.69) is 62.0 Å². The van der Waals surface area contributed by atoms with Crippen LogP contribution in [0.4, 0.5) is 0 Å². The number of aromatic amines is 1. The van der Waals surface area contributed by atoms with Crippen molar-refractivity contribution < 1.29 is 5.11 Å². The van der Waals surface area contributed by atoms with Crippen LogP contribution in [-0.2, 0) is 0 Å². The molecule has 2 aromatic heterocycles. The SMILES string of the molecule is CCCN1CC(n2cnnc2)C(CO)CC1c1c[nH]c2ccccc12. The van der Waals surface area contributed by atoms with Crippen LogP contribution in [0.3, 0.4) is 0 Å². The number of nitrogens with one attached hydrogen (secondary N) is 1. The summed E-state index contributed by atoms with van der Waals surface area (Å²) in [6, 6.07) is 9.00. The van der Waals surface area contributed by atoms with Crippen molar-refractivity contribution in [3.8, 4) is 0 Å². The fourth-order valence-electron chi connectivity index (χ4n) is 4.25. The summed E-state index contributed by atoms with van der Waals surface area (Å²) in [4.78, 5) is 5.95. The molecule has 1 fully saturated rings. The van der Waals surface area contributed by atoms with Gasteiger partial charge in [0.15, 0.2) is 0 Å². The molecule has 4 rings (SSSR count). The first-order valence-corrected chi connectivity index (χ1v) is 9.06. The molecule has 1 aliphatic rings. The van der Waals surface area contributed by atoms with Crippen LogP contribution >= 0.6 is 0 Å². The largest absolute Gasteiger partial charge is 0.396 e. The number of piperidine rings is 1. The van der Waals surface area contributed by atoms with Gasteiger partial charge in [0.2, 0.25) is 0 Å². The molecule has 0 aliphatic carbocycles. The number of H-pyrrole nitrogens is 1. The van der Waals surface area contributed by atoms with E-state index in [0.717, 1.165) is 25.9 Å². The Labute approximate surface area is 147 Å². The Morgan fingerprint density at radius 1 is 1.24 bits per heavy atom. The molecule has 0 radical (unpaired) electrons. The average molecular weight is 339 g/mol. The van der Waals surface area contributed by atoms with Crippen molar-refractivity contribution in [2.45, 2.75) is 31.8 Å². The lowest BCUT2D eigenvalue weighted by Crippen LogP contribution is -2.44. The number of benzene rings is 1. The van der Waals surface area contributed by atoms with E-state index in [-0.39, 0.29) is 18.6 Å². The Morgan fingerprint density at radius 3 is 2.80 bits per heavy atom. The van der Waals surface area contributed by atoms with Gasteiger partial charge in [-0.25, -0.2) is 0 Å². The standard InChI is InChI=1S/C19H25N5O/c1-2-7-23-10-19(24-12-21-22-13-24)14(11-25)8-18(23)16-9-20-17-6-4-3-5-15(16)17/h3-6,9,12-14,18-20,25H,2,7-8,10-11H2,1H3. The van der Waals surface area contributed by atoms with E-state index < -0.39 is 0 Å². The molecule has 3 atom stereocenters. The molecule has 0 spiro atoms. The summed E-state index contributed by atoms with van der Waals surface area (Å²) in [7, 11) is 0. The number of aliphatic hydroxyl groups is 1. The second kappa shape index (κ2) is 6.98. The van der Waals surface area contributed by atoms with Crippen LogP contribution in [0.5, 0.6) is 0 Å². The number of hydrogen-bond donors (Lipinski definition) is 2. The lowest BCUT2D eigenvalue weighted by Gasteiger charge is -2.44. The topological polar surface area (TPSA) is 70.0 Å². The lowest BCUT2D eigenvalue weighted by atomic mass is 9.84. The smallest absolute Gasteiger partial charge is 0.119 e. The Morgan fingerprint density at radius 2 is 2.04 bits per heavy atom. The number of para-hydroxylation sites is 1. The van der Waals surface area contributed by atoms with Gasteiger partial charge >= 0.3 is 0 Å². The summed E-state index contributed by atoms with van der Waals surface area (Å²) < 4.78 is 2.05. The Bertz CT molecular complexity index is 812. The van der Waals surface area contributed by atoms with E-state index in [4.69, 9.17) is 0 Å². The molecule has 3 aromatic rings.